The smallest absolute Gasteiger partial charge is 0.252 e. The molecular weight excluding hydrogens is 1040 g/mol. The summed E-state index contributed by atoms with van der Waals surface area (Å²) in [7, 11) is 0. The third kappa shape index (κ3) is 6.84. The highest BCUT2D eigenvalue weighted by atomic mass is 15.2. The average molecular weight is 1100 g/mol. The van der Waals surface area contributed by atoms with E-state index >= 15 is 0 Å². The third-order valence-corrected chi connectivity index (χ3v) is 19.6. The Morgan fingerprint density at radius 1 is 0.314 bits per heavy atom. The van der Waals surface area contributed by atoms with Crippen molar-refractivity contribution in [1.29, 1.82) is 0 Å². The minimum absolute atomic E-state index is 0.0856. The molecule has 0 amide bonds. The predicted octanol–water partition coefficient (Wildman–Crippen LogP) is 19.2. The van der Waals surface area contributed by atoms with Gasteiger partial charge in [-0.05, 0) is 209 Å². The van der Waals surface area contributed by atoms with Crippen LogP contribution in [0.4, 0.5) is 34.1 Å². The fourth-order valence-electron chi connectivity index (χ4n) is 15.4. The summed E-state index contributed by atoms with van der Waals surface area (Å²) in [5.74, 6) is 0. The van der Waals surface area contributed by atoms with Crippen LogP contribution in [0.15, 0.2) is 243 Å². The molecule has 6 heteroatoms. The largest absolute Gasteiger partial charge is 0.314 e. The number of aryl methyl sites for hydroxylation is 4. The lowest BCUT2D eigenvalue weighted by atomic mass is 9.34. The Hall–Kier alpha value is -10.6. The molecule has 0 bridgehead atoms. The lowest BCUT2D eigenvalue weighted by Gasteiger charge is -2.36. The van der Waals surface area contributed by atoms with E-state index in [0.29, 0.717) is 0 Å². The summed E-state index contributed by atoms with van der Waals surface area (Å²) >= 11 is 0. The van der Waals surface area contributed by atoms with E-state index in [0.717, 1.165) is 39.8 Å². The van der Waals surface area contributed by atoms with Crippen molar-refractivity contribution in [1.82, 2.24) is 13.7 Å². The van der Waals surface area contributed by atoms with E-state index in [2.05, 4.69) is 308 Å². The summed E-state index contributed by atoms with van der Waals surface area (Å²) in [4.78, 5) is 5.04. The Balaban J connectivity index is 0.954. The van der Waals surface area contributed by atoms with E-state index in [1.165, 1.54) is 148 Å². The highest BCUT2D eigenvalue weighted by molar-refractivity contribution is 7.00. The molecule has 0 spiro atoms. The molecule has 5 heterocycles. The minimum Gasteiger partial charge on any atom is -0.314 e. The monoisotopic (exact) mass is 1100 g/mol. The Labute approximate surface area is 499 Å². The summed E-state index contributed by atoms with van der Waals surface area (Å²) in [6.45, 7) is 13.8. The Kier molecular flexibility index (Phi) is 10.2. The van der Waals surface area contributed by atoms with Gasteiger partial charge in [-0.15, -0.1) is 0 Å². The Morgan fingerprint density at radius 2 is 0.663 bits per heavy atom. The van der Waals surface area contributed by atoms with E-state index in [1.54, 1.807) is 0 Å². The molecule has 0 fully saturated rings. The van der Waals surface area contributed by atoms with E-state index in [4.69, 9.17) is 0 Å². The molecule has 0 radical (unpaired) electrons. The Morgan fingerprint density at radius 3 is 1.02 bits per heavy atom. The SMILES string of the molecule is Cc1ccc2c(c1)c1cc(C)ccc1n2-c1cc2c3c(c1)-n1c(C)c(C)c4c(N(c5ccc6ccccc6c5)c5ccc6ccccc6c5)ccc(c41)B3c1ccc(N(c3ccc4ccccc4c3)c3ccc4ccccc4c3)c3c(C)c(C)n-2c13. The number of benzene rings is 13. The molecule has 2 aliphatic heterocycles. The fraction of sp³-hybridized carbons (Fsp3) is 0.0750. The number of anilines is 6. The predicted molar refractivity (Wildman–Crippen MR) is 367 cm³/mol. The van der Waals surface area contributed by atoms with Crippen molar-refractivity contribution in [2.75, 3.05) is 9.80 Å². The van der Waals surface area contributed by atoms with Gasteiger partial charge in [-0.2, -0.15) is 0 Å². The van der Waals surface area contributed by atoms with Gasteiger partial charge in [-0.25, -0.2) is 0 Å². The number of nitrogens with zero attached hydrogens (tertiary/aromatic N) is 5. The summed E-state index contributed by atoms with van der Waals surface area (Å²) < 4.78 is 7.83. The van der Waals surface area contributed by atoms with Crippen molar-refractivity contribution >= 4 is 144 Å². The maximum absolute atomic E-state index is 2.65. The van der Waals surface area contributed by atoms with Gasteiger partial charge in [-0.3, -0.25) is 0 Å². The quantitative estimate of drug-likeness (QED) is 0.148. The van der Waals surface area contributed by atoms with Gasteiger partial charge in [0.25, 0.3) is 6.71 Å². The molecule has 13 aromatic carbocycles. The van der Waals surface area contributed by atoms with Gasteiger partial charge in [0.2, 0.25) is 0 Å². The first-order valence-corrected chi connectivity index (χ1v) is 30.2. The number of rotatable bonds is 7. The van der Waals surface area contributed by atoms with Crippen molar-refractivity contribution in [2.24, 2.45) is 0 Å². The maximum atomic E-state index is 2.65. The third-order valence-electron chi connectivity index (χ3n) is 19.6. The molecule has 86 heavy (non-hydrogen) atoms. The molecule has 18 rings (SSSR count). The van der Waals surface area contributed by atoms with Crippen LogP contribution in [0.25, 0.3) is 104 Å². The molecule has 5 nitrogen and oxygen atoms in total. The van der Waals surface area contributed by atoms with E-state index < -0.39 is 0 Å². The average Bonchev–Trinajstić information content (AvgIpc) is 1.45. The topological polar surface area (TPSA) is 21.3 Å². The summed E-state index contributed by atoms with van der Waals surface area (Å²) in [5, 5.41) is 14.8. The molecule has 2 aliphatic rings. The van der Waals surface area contributed by atoms with Crippen LogP contribution in [0.3, 0.4) is 0 Å². The first-order valence-electron chi connectivity index (χ1n) is 30.2. The van der Waals surface area contributed by atoms with Crippen LogP contribution in [0, 0.1) is 41.5 Å². The second-order valence-electron chi connectivity index (χ2n) is 24.4. The first-order chi connectivity index (χ1) is 42.1. The minimum atomic E-state index is -0.0856. The normalized spacial score (nSPS) is 12.5. The molecule has 16 aromatic rings. The highest BCUT2D eigenvalue weighted by Crippen LogP contribution is 2.49. The molecule has 3 aromatic heterocycles. The highest BCUT2D eigenvalue weighted by Gasteiger charge is 2.43. The van der Waals surface area contributed by atoms with Crippen molar-refractivity contribution in [2.45, 2.75) is 41.5 Å². The zero-order valence-corrected chi connectivity index (χ0v) is 48.9. The van der Waals surface area contributed by atoms with Crippen LogP contribution in [0.2, 0.25) is 0 Å². The molecule has 406 valence electrons. The molecule has 0 saturated heterocycles. The van der Waals surface area contributed by atoms with Crippen LogP contribution in [0.1, 0.15) is 33.6 Å². The summed E-state index contributed by atoms with van der Waals surface area (Å²) in [6, 6.07) is 91.7. The molecular formula is C80H58BN5. The van der Waals surface area contributed by atoms with Gasteiger partial charge in [0.1, 0.15) is 0 Å². The van der Waals surface area contributed by atoms with Gasteiger partial charge >= 0.3 is 0 Å². The zero-order chi connectivity index (χ0) is 57.4. The lowest BCUT2D eigenvalue weighted by molar-refractivity contribution is 1.01. The van der Waals surface area contributed by atoms with Crippen molar-refractivity contribution in [3.05, 3.63) is 276 Å². The number of hydrogen-bond donors (Lipinski definition) is 0. The van der Waals surface area contributed by atoms with Crippen LogP contribution >= 0.6 is 0 Å². The molecule has 0 saturated carbocycles. The molecule has 0 unspecified atom stereocenters. The summed E-state index contributed by atoms with van der Waals surface area (Å²) in [5.41, 5.74) is 26.9. The molecule has 0 aliphatic carbocycles. The number of hydrogen-bond acceptors (Lipinski definition) is 2. The van der Waals surface area contributed by atoms with Gasteiger partial charge in [0.05, 0.1) is 39.1 Å². The first kappa shape index (κ1) is 48.9. The van der Waals surface area contributed by atoms with Crippen molar-refractivity contribution < 1.29 is 0 Å². The van der Waals surface area contributed by atoms with Crippen molar-refractivity contribution in [3.8, 4) is 17.1 Å². The lowest BCUT2D eigenvalue weighted by Crippen LogP contribution is -2.59. The standard InChI is InChI=1S/C80H58BN5/c1-47-23-35-70-66(39-47)67-40-48(2)24-36-71(67)86(70)65-45-74-78-75(46-65)83-52(6)50(4)77-73(85(63-31-27-55-17-9-13-21-59(55)43-63)64-32-28-56-18-10-14-22-60(56)44-64)38-34-69(80(77)83)81(78)68-33-37-72(76-49(3)51(5)82(74)79(68)76)84(61-29-25-53-15-7-11-19-57(53)41-61)62-30-26-54-16-8-12-20-58(54)42-62/h7-46H,1-6H3. The van der Waals surface area contributed by atoms with E-state index in [9.17, 15) is 0 Å². The van der Waals surface area contributed by atoms with Crippen LogP contribution in [-0.2, 0) is 0 Å². The van der Waals surface area contributed by atoms with Gasteiger partial charge in [0.15, 0.2) is 0 Å². The van der Waals surface area contributed by atoms with Crippen molar-refractivity contribution in [3.63, 3.8) is 0 Å². The molecule has 0 atom stereocenters. The van der Waals surface area contributed by atoms with Gasteiger partial charge < -0.3 is 23.5 Å². The van der Waals surface area contributed by atoms with Crippen LogP contribution < -0.4 is 26.2 Å². The molecule has 0 N–H and O–H groups in total. The van der Waals surface area contributed by atoms with Crippen LogP contribution in [-0.4, -0.2) is 20.4 Å². The van der Waals surface area contributed by atoms with Gasteiger partial charge in [0, 0.05) is 67.1 Å². The number of aromatic nitrogens is 3. The van der Waals surface area contributed by atoms with Gasteiger partial charge in [-0.1, -0.05) is 157 Å². The second-order valence-corrected chi connectivity index (χ2v) is 24.4. The number of fused-ring (bicyclic) bond motifs is 11. The van der Waals surface area contributed by atoms with E-state index in [1.807, 2.05) is 0 Å². The zero-order valence-electron chi connectivity index (χ0n) is 48.9. The maximum Gasteiger partial charge on any atom is 0.252 e. The Bertz CT molecular complexity index is 5160. The van der Waals surface area contributed by atoms with E-state index in [-0.39, 0.29) is 6.71 Å². The second kappa shape index (κ2) is 18.0. The fourth-order valence-corrected chi connectivity index (χ4v) is 15.4. The summed E-state index contributed by atoms with van der Waals surface area (Å²) in [6.07, 6.45) is 0. The van der Waals surface area contributed by atoms with Crippen LogP contribution in [0.5, 0.6) is 0 Å².